The van der Waals surface area contributed by atoms with Gasteiger partial charge in [0.25, 0.3) is 7.48 Å². The lowest BCUT2D eigenvalue weighted by atomic mass is 9.72. The summed E-state index contributed by atoms with van der Waals surface area (Å²) in [4.78, 5) is 0. The molecule has 0 bridgehead atoms. The van der Waals surface area contributed by atoms with Crippen LogP contribution in [0, 0.1) is 5.41 Å². The summed E-state index contributed by atoms with van der Waals surface area (Å²) in [7, 11) is 1.92. The molecule has 1 nitrogen and oxygen atoms in total. The second-order valence-electron chi connectivity index (χ2n) is 3.88. The Hall–Kier alpha value is 0.0249. The van der Waals surface area contributed by atoms with E-state index in [1.165, 1.54) is 0 Å². The summed E-state index contributed by atoms with van der Waals surface area (Å²) in [5.41, 5.74) is 0.347. The van der Waals surface area contributed by atoms with Crippen molar-refractivity contribution in [2.24, 2.45) is 5.41 Å². The standard InChI is InChI=1S/C7H14BO/c1-6(2)5-8-9-7(6,3)4/h5H2,1-4H3. The maximum absolute atomic E-state index is 5.43. The molecular weight excluding hydrogens is 111 g/mol. The SMILES string of the molecule is CC1(C)C[B]OC1(C)C. The van der Waals surface area contributed by atoms with Gasteiger partial charge in [0.05, 0.1) is 0 Å². The first kappa shape index (κ1) is 7.14. The summed E-state index contributed by atoms with van der Waals surface area (Å²) in [6, 6.07) is 0. The third-order valence-corrected chi connectivity index (χ3v) is 2.60. The lowest BCUT2D eigenvalue weighted by Crippen LogP contribution is -2.34. The third-order valence-electron chi connectivity index (χ3n) is 2.60. The molecule has 0 saturated carbocycles. The number of hydrogen-bond acceptors (Lipinski definition) is 1. The van der Waals surface area contributed by atoms with E-state index in [9.17, 15) is 0 Å². The van der Waals surface area contributed by atoms with E-state index in [2.05, 4.69) is 27.7 Å². The zero-order valence-electron chi connectivity index (χ0n) is 6.69. The van der Waals surface area contributed by atoms with Crippen LogP contribution >= 0.6 is 0 Å². The van der Waals surface area contributed by atoms with Gasteiger partial charge >= 0.3 is 0 Å². The highest BCUT2D eigenvalue weighted by molar-refractivity contribution is 6.28. The van der Waals surface area contributed by atoms with Gasteiger partial charge in [-0.3, -0.25) is 0 Å². The fourth-order valence-electron chi connectivity index (χ4n) is 0.864. The Bertz CT molecular complexity index is 104. The molecule has 0 spiro atoms. The summed E-state index contributed by atoms with van der Waals surface area (Å²) in [6.45, 7) is 8.74. The van der Waals surface area contributed by atoms with Crippen molar-refractivity contribution in [2.75, 3.05) is 0 Å². The minimum atomic E-state index is 0.0347. The molecule has 1 saturated heterocycles. The van der Waals surface area contributed by atoms with Crippen molar-refractivity contribution in [3.05, 3.63) is 0 Å². The first-order valence-electron chi connectivity index (χ1n) is 3.45. The van der Waals surface area contributed by atoms with Crippen LogP contribution in [0.25, 0.3) is 0 Å². The number of rotatable bonds is 0. The van der Waals surface area contributed by atoms with Gasteiger partial charge in [-0.1, -0.05) is 13.8 Å². The van der Waals surface area contributed by atoms with Crippen molar-refractivity contribution < 1.29 is 4.65 Å². The molecule has 0 aromatic carbocycles. The van der Waals surface area contributed by atoms with E-state index in [-0.39, 0.29) is 5.60 Å². The van der Waals surface area contributed by atoms with E-state index in [0.29, 0.717) is 5.41 Å². The lowest BCUT2D eigenvalue weighted by molar-refractivity contribution is 0.0395. The van der Waals surface area contributed by atoms with Crippen LogP contribution < -0.4 is 0 Å². The van der Waals surface area contributed by atoms with Crippen LogP contribution in [-0.2, 0) is 4.65 Å². The molecule has 0 aromatic rings. The Morgan fingerprint density at radius 2 is 1.78 bits per heavy atom. The van der Waals surface area contributed by atoms with Crippen molar-refractivity contribution in [2.45, 2.75) is 39.6 Å². The first-order chi connectivity index (χ1) is 3.96. The first-order valence-corrected chi connectivity index (χ1v) is 3.45. The monoisotopic (exact) mass is 125 g/mol. The highest BCUT2D eigenvalue weighted by Crippen LogP contribution is 2.41. The molecule has 51 valence electrons. The highest BCUT2D eigenvalue weighted by atomic mass is 16.5. The van der Waals surface area contributed by atoms with Gasteiger partial charge in [-0.2, -0.15) is 0 Å². The van der Waals surface area contributed by atoms with Gasteiger partial charge in [-0.25, -0.2) is 0 Å². The maximum Gasteiger partial charge on any atom is 0.293 e. The molecule has 1 aliphatic heterocycles. The van der Waals surface area contributed by atoms with Gasteiger partial charge in [0.15, 0.2) is 0 Å². The molecule has 0 atom stereocenters. The fraction of sp³-hybridized carbons (Fsp3) is 1.00. The molecule has 1 heterocycles. The molecule has 1 fully saturated rings. The summed E-state index contributed by atoms with van der Waals surface area (Å²) in [5, 5.41) is 0. The molecule has 2 heteroatoms. The van der Waals surface area contributed by atoms with E-state index in [1.54, 1.807) is 0 Å². The van der Waals surface area contributed by atoms with Gasteiger partial charge in [-0.05, 0) is 25.6 Å². The number of hydrogen-bond donors (Lipinski definition) is 0. The van der Waals surface area contributed by atoms with Crippen molar-refractivity contribution >= 4 is 7.48 Å². The molecule has 1 rings (SSSR count). The molecule has 1 radical (unpaired) electrons. The molecule has 9 heavy (non-hydrogen) atoms. The summed E-state index contributed by atoms with van der Waals surface area (Å²) in [6.07, 6.45) is 1.07. The van der Waals surface area contributed by atoms with Crippen molar-refractivity contribution in [3.8, 4) is 0 Å². The van der Waals surface area contributed by atoms with Crippen molar-refractivity contribution in [1.29, 1.82) is 0 Å². The molecule has 0 amide bonds. The van der Waals surface area contributed by atoms with Crippen LogP contribution in [-0.4, -0.2) is 13.1 Å². The topological polar surface area (TPSA) is 9.23 Å². The second kappa shape index (κ2) is 1.75. The van der Waals surface area contributed by atoms with Gasteiger partial charge in [0, 0.05) is 5.60 Å². The summed E-state index contributed by atoms with van der Waals surface area (Å²) in [5.74, 6) is 0. The van der Waals surface area contributed by atoms with Gasteiger partial charge in [0.2, 0.25) is 0 Å². The van der Waals surface area contributed by atoms with E-state index >= 15 is 0 Å². The largest absolute Gasteiger partial charge is 0.435 e. The summed E-state index contributed by atoms with van der Waals surface area (Å²) >= 11 is 0. The van der Waals surface area contributed by atoms with E-state index in [4.69, 9.17) is 4.65 Å². The fourth-order valence-corrected chi connectivity index (χ4v) is 0.864. The van der Waals surface area contributed by atoms with Crippen LogP contribution in [0.15, 0.2) is 0 Å². The van der Waals surface area contributed by atoms with Gasteiger partial charge in [0.1, 0.15) is 0 Å². The van der Waals surface area contributed by atoms with Crippen LogP contribution in [0.2, 0.25) is 6.32 Å². The van der Waals surface area contributed by atoms with Crippen LogP contribution in [0.5, 0.6) is 0 Å². The Morgan fingerprint density at radius 1 is 1.22 bits per heavy atom. The molecule has 0 aliphatic carbocycles. The van der Waals surface area contributed by atoms with Crippen molar-refractivity contribution in [1.82, 2.24) is 0 Å². The van der Waals surface area contributed by atoms with Crippen LogP contribution in [0.4, 0.5) is 0 Å². The zero-order chi connectivity index (χ0) is 7.12. The van der Waals surface area contributed by atoms with E-state index in [1.807, 2.05) is 7.48 Å². The van der Waals surface area contributed by atoms with Crippen molar-refractivity contribution in [3.63, 3.8) is 0 Å². The predicted molar refractivity (Wildman–Crippen MR) is 39.5 cm³/mol. The summed E-state index contributed by atoms with van der Waals surface area (Å²) < 4.78 is 5.43. The predicted octanol–water partition coefficient (Wildman–Crippen LogP) is 1.86. The van der Waals surface area contributed by atoms with Gasteiger partial charge in [-0.15, -0.1) is 0 Å². The smallest absolute Gasteiger partial charge is 0.293 e. The maximum atomic E-state index is 5.43. The Balaban J connectivity index is 2.75. The van der Waals surface area contributed by atoms with Crippen LogP contribution in [0.1, 0.15) is 27.7 Å². The zero-order valence-corrected chi connectivity index (χ0v) is 6.69. The normalized spacial score (nSPS) is 29.8. The quantitative estimate of drug-likeness (QED) is 0.449. The average molecular weight is 125 g/mol. The Morgan fingerprint density at radius 3 is 1.89 bits per heavy atom. The average Bonchev–Trinajstić information content (AvgIpc) is 1.81. The van der Waals surface area contributed by atoms with E-state index in [0.717, 1.165) is 6.32 Å². The minimum Gasteiger partial charge on any atom is -0.435 e. The molecular formula is C7H14BO. The van der Waals surface area contributed by atoms with Crippen LogP contribution in [0.3, 0.4) is 0 Å². The molecule has 0 N–H and O–H groups in total. The molecule has 0 unspecified atom stereocenters. The molecule has 1 aliphatic rings. The molecule has 0 aromatic heterocycles. The second-order valence-corrected chi connectivity index (χ2v) is 3.88. The van der Waals surface area contributed by atoms with E-state index < -0.39 is 0 Å². The Labute approximate surface area is 58.1 Å². The third kappa shape index (κ3) is 1.01. The lowest BCUT2D eigenvalue weighted by Gasteiger charge is -2.34. The minimum absolute atomic E-state index is 0.0347. The van der Waals surface area contributed by atoms with Gasteiger partial charge < -0.3 is 4.65 Å². The Kier molecular flexibility index (Phi) is 1.39. The highest BCUT2D eigenvalue weighted by Gasteiger charge is 2.42.